The van der Waals surface area contributed by atoms with Gasteiger partial charge in [-0.1, -0.05) is 18.2 Å². The largest absolute Gasteiger partial charge is 0.497 e. The highest BCUT2D eigenvalue weighted by Crippen LogP contribution is 2.13. The molecule has 0 bridgehead atoms. The van der Waals surface area contributed by atoms with Crippen LogP contribution in [0.4, 0.5) is 0 Å². The van der Waals surface area contributed by atoms with E-state index in [4.69, 9.17) is 14.2 Å². The van der Waals surface area contributed by atoms with Crippen LogP contribution in [0.1, 0.15) is 42.5 Å². The van der Waals surface area contributed by atoms with Crippen LogP contribution < -0.4 is 4.74 Å². The van der Waals surface area contributed by atoms with Crippen LogP contribution in [0.5, 0.6) is 5.75 Å². The van der Waals surface area contributed by atoms with E-state index in [0.717, 1.165) is 11.3 Å². The van der Waals surface area contributed by atoms with Gasteiger partial charge >= 0.3 is 11.9 Å². The molecular formula is C21H26N2O5. The Hall–Kier alpha value is -3.09. The Balaban J connectivity index is 1.97. The molecule has 1 aromatic heterocycles. The predicted molar refractivity (Wildman–Crippen MR) is 104 cm³/mol. The predicted octanol–water partition coefficient (Wildman–Crippen LogP) is 3.46. The molecule has 2 aromatic rings. The summed E-state index contributed by atoms with van der Waals surface area (Å²) in [5, 5.41) is 4.28. The lowest BCUT2D eigenvalue weighted by atomic mass is 10.2. The van der Waals surface area contributed by atoms with Crippen molar-refractivity contribution >= 4 is 11.9 Å². The van der Waals surface area contributed by atoms with Gasteiger partial charge in [0.05, 0.1) is 19.3 Å². The summed E-state index contributed by atoms with van der Waals surface area (Å²) >= 11 is 0. The van der Waals surface area contributed by atoms with Crippen LogP contribution in [0.15, 0.2) is 42.5 Å². The minimum Gasteiger partial charge on any atom is -0.497 e. The number of methoxy groups -OCH3 is 1. The first kappa shape index (κ1) is 21.2. The van der Waals surface area contributed by atoms with E-state index < -0.39 is 17.5 Å². The highest BCUT2D eigenvalue weighted by molar-refractivity contribution is 5.87. The second-order valence-electron chi connectivity index (χ2n) is 7.21. The monoisotopic (exact) mass is 386 g/mol. The lowest BCUT2D eigenvalue weighted by Gasteiger charge is -2.17. The number of rotatable bonds is 7. The van der Waals surface area contributed by atoms with Gasteiger partial charge in [0.2, 0.25) is 0 Å². The number of hydrogen-bond donors (Lipinski definition) is 0. The average Bonchev–Trinajstić information content (AvgIpc) is 2.99. The number of esters is 2. The van der Waals surface area contributed by atoms with Gasteiger partial charge in [-0.05, 0) is 51.5 Å². The first-order chi connectivity index (χ1) is 13.2. The van der Waals surface area contributed by atoms with E-state index in [9.17, 15) is 9.59 Å². The molecule has 0 radical (unpaired) electrons. The van der Waals surface area contributed by atoms with Gasteiger partial charge in [0.1, 0.15) is 23.7 Å². The average molecular weight is 386 g/mol. The van der Waals surface area contributed by atoms with Crippen LogP contribution in [0.2, 0.25) is 0 Å². The van der Waals surface area contributed by atoms with E-state index in [1.54, 1.807) is 59.1 Å². The molecule has 0 aliphatic carbocycles. The Kier molecular flexibility index (Phi) is 6.98. The van der Waals surface area contributed by atoms with Crippen LogP contribution >= 0.6 is 0 Å². The molecule has 28 heavy (non-hydrogen) atoms. The molecule has 0 aliphatic rings. The van der Waals surface area contributed by atoms with Crippen molar-refractivity contribution in [1.29, 1.82) is 0 Å². The lowest BCUT2D eigenvalue weighted by molar-refractivity contribution is -0.148. The minimum atomic E-state index is -0.555. The van der Waals surface area contributed by atoms with Crippen molar-refractivity contribution in [1.82, 2.24) is 9.78 Å². The van der Waals surface area contributed by atoms with Crippen molar-refractivity contribution in [2.45, 2.75) is 46.4 Å². The fourth-order valence-electron chi connectivity index (χ4n) is 2.38. The van der Waals surface area contributed by atoms with Crippen molar-refractivity contribution in [2.75, 3.05) is 7.11 Å². The van der Waals surface area contributed by atoms with Gasteiger partial charge < -0.3 is 14.2 Å². The molecule has 0 saturated heterocycles. The van der Waals surface area contributed by atoms with Crippen LogP contribution in [0, 0.1) is 6.92 Å². The molecule has 0 fully saturated rings. The third-order valence-corrected chi connectivity index (χ3v) is 3.58. The van der Waals surface area contributed by atoms with Crippen molar-refractivity contribution in [3.63, 3.8) is 0 Å². The molecule has 0 aliphatic heterocycles. The number of nitrogens with zero attached hydrogens (tertiary/aromatic N) is 2. The van der Waals surface area contributed by atoms with E-state index in [2.05, 4.69) is 5.10 Å². The summed E-state index contributed by atoms with van der Waals surface area (Å²) < 4.78 is 17.2. The van der Waals surface area contributed by atoms with Gasteiger partial charge in [0, 0.05) is 6.08 Å². The van der Waals surface area contributed by atoms with Crippen LogP contribution in [-0.4, -0.2) is 34.4 Å². The number of benzene rings is 1. The normalized spacial score (nSPS) is 11.5. The minimum absolute atomic E-state index is 0.140. The number of hydrogen-bond acceptors (Lipinski definition) is 6. The van der Waals surface area contributed by atoms with Gasteiger partial charge in [0.15, 0.2) is 0 Å². The molecule has 0 unspecified atom stereocenters. The summed E-state index contributed by atoms with van der Waals surface area (Å²) in [4.78, 5) is 24.2. The summed E-state index contributed by atoms with van der Waals surface area (Å²) in [6.45, 7) is 7.57. The number of carbonyl (C=O) groups is 2. The standard InChI is InChI=1S/C21H26N2O5/c1-15-13-18(20(25)27-14-16-8-10-17(26-5)11-9-16)23(22-15)12-6-7-19(24)28-21(2,3)4/h6-11,13H,12,14H2,1-5H3/b7-6+. The zero-order chi connectivity index (χ0) is 20.7. The highest BCUT2D eigenvalue weighted by Gasteiger charge is 2.16. The number of aromatic nitrogens is 2. The molecule has 1 heterocycles. The Morgan fingerprint density at radius 1 is 1.18 bits per heavy atom. The van der Waals surface area contributed by atoms with E-state index in [0.29, 0.717) is 11.4 Å². The lowest BCUT2D eigenvalue weighted by Crippen LogP contribution is -2.22. The summed E-state index contributed by atoms with van der Waals surface area (Å²) in [6.07, 6.45) is 2.93. The Bertz CT molecular complexity index is 845. The number of ether oxygens (including phenoxy) is 3. The van der Waals surface area contributed by atoms with Gasteiger partial charge in [-0.2, -0.15) is 5.10 Å². The van der Waals surface area contributed by atoms with E-state index in [1.165, 1.54) is 10.8 Å². The summed E-state index contributed by atoms with van der Waals surface area (Å²) in [7, 11) is 1.59. The second kappa shape index (κ2) is 9.21. The van der Waals surface area contributed by atoms with E-state index in [-0.39, 0.29) is 13.2 Å². The van der Waals surface area contributed by atoms with E-state index in [1.807, 2.05) is 12.1 Å². The fourth-order valence-corrected chi connectivity index (χ4v) is 2.38. The fraction of sp³-hybridized carbons (Fsp3) is 0.381. The molecule has 2 rings (SSSR count). The molecule has 0 amide bonds. The third kappa shape index (κ3) is 6.57. The highest BCUT2D eigenvalue weighted by atomic mass is 16.6. The molecule has 150 valence electrons. The molecule has 0 spiro atoms. The maximum atomic E-state index is 12.4. The summed E-state index contributed by atoms with van der Waals surface area (Å²) in [6, 6.07) is 8.92. The molecule has 0 N–H and O–H groups in total. The van der Waals surface area contributed by atoms with Crippen LogP contribution in [0.3, 0.4) is 0 Å². The molecule has 0 saturated carbocycles. The van der Waals surface area contributed by atoms with E-state index >= 15 is 0 Å². The number of aryl methyl sites for hydroxylation is 1. The van der Waals surface area contributed by atoms with Crippen molar-refractivity contribution in [3.05, 3.63) is 59.4 Å². The van der Waals surface area contributed by atoms with Crippen molar-refractivity contribution < 1.29 is 23.8 Å². The number of carbonyl (C=O) groups excluding carboxylic acids is 2. The molecule has 7 heteroatoms. The first-order valence-electron chi connectivity index (χ1n) is 8.92. The van der Waals surface area contributed by atoms with Crippen LogP contribution in [-0.2, 0) is 27.4 Å². The Morgan fingerprint density at radius 3 is 2.46 bits per heavy atom. The maximum Gasteiger partial charge on any atom is 0.356 e. The zero-order valence-corrected chi connectivity index (χ0v) is 16.9. The third-order valence-electron chi connectivity index (χ3n) is 3.58. The Labute approximate surface area is 164 Å². The second-order valence-corrected chi connectivity index (χ2v) is 7.21. The molecule has 7 nitrogen and oxygen atoms in total. The van der Waals surface area contributed by atoms with Crippen molar-refractivity contribution in [2.24, 2.45) is 0 Å². The topological polar surface area (TPSA) is 79.7 Å². The van der Waals surface area contributed by atoms with Crippen LogP contribution in [0.25, 0.3) is 0 Å². The Morgan fingerprint density at radius 2 is 1.86 bits per heavy atom. The van der Waals surface area contributed by atoms with Gasteiger partial charge in [0.25, 0.3) is 0 Å². The van der Waals surface area contributed by atoms with Gasteiger partial charge in [-0.15, -0.1) is 0 Å². The molecule has 0 atom stereocenters. The summed E-state index contributed by atoms with van der Waals surface area (Å²) in [5.74, 6) is -0.192. The van der Waals surface area contributed by atoms with Crippen molar-refractivity contribution in [3.8, 4) is 5.75 Å². The SMILES string of the molecule is COc1ccc(COC(=O)c2cc(C)nn2C/C=C/C(=O)OC(C)(C)C)cc1. The van der Waals surface area contributed by atoms with Gasteiger partial charge in [-0.25, -0.2) is 9.59 Å². The maximum absolute atomic E-state index is 12.4. The summed E-state index contributed by atoms with van der Waals surface area (Å²) in [5.41, 5.74) is 1.30. The number of allylic oxidation sites excluding steroid dienone is 1. The quantitative estimate of drug-likeness (QED) is 0.536. The first-order valence-corrected chi connectivity index (χ1v) is 8.92. The molecule has 1 aromatic carbocycles. The smallest absolute Gasteiger partial charge is 0.356 e. The molecular weight excluding hydrogens is 360 g/mol. The zero-order valence-electron chi connectivity index (χ0n) is 16.9. The van der Waals surface area contributed by atoms with Gasteiger partial charge in [-0.3, -0.25) is 4.68 Å².